The summed E-state index contributed by atoms with van der Waals surface area (Å²) in [5.74, 6) is 1.12. The minimum Gasteiger partial charge on any atom is -0.493 e. The number of nitrogens with two attached hydrogens (primary N) is 1. The molecule has 7 heteroatoms. The molecule has 7 nitrogen and oxygen atoms in total. The summed E-state index contributed by atoms with van der Waals surface area (Å²) in [6.07, 6.45) is 2.93. The monoisotopic (exact) mass is 369 g/mol. The Kier molecular flexibility index (Phi) is 5.30. The van der Waals surface area contributed by atoms with Crippen LogP contribution in [0.3, 0.4) is 0 Å². The van der Waals surface area contributed by atoms with E-state index in [0.717, 1.165) is 6.42 Å². The number of pyridine rings is 1. The highest BCUT2D eigenvalue weighted by Gasteiger charge is 2.36. The topological polar surface area (TPSA) is 104 Å². The van der Waals surface area contributed by atoms with Crippen LogP contribution in [0.15, 0.2) is 42.6 Å². The molecular formula is C20H23N3O4. The minimum absolute atomic E-state index is 0.0246. The first-order valence-corrected chi connectivity index (χ1v) is 8.81. The molecule has 0 radical (unpaired) electrons. The number of hydrogen-bond acceptors (Lipinski definition) is 5. The molecule has 1 aliphatic rings. The largest absolute Gasteiger partial charge is 0.493 e. The third-order valence-corrected chi connectivity index (χ3v) is 4.35. The lowest BCUT2D eigenvalue weighted by atomic mass is 9.95. The van der Waals surface area contributed by atoms with Crippen LogP contribution in [-0.2, 0) is 4.79 Å². The second-order valence-corrected chi connectivity index (χ2v) is 7.23. The van der Waals surface area contributed by atoms with Crippen molar-refractivity contribution in [2.45, 2.75) is 32.2 Å². The number of carbonyl (C=O) groups excluding carboxylic acids is 2. The standard InChI is InChI=1S/C20H23N3O4/c1-20(2)12-13(19(25)23-20)7-9-26-14-4-3-5-15(10-14)27-16-6-8-22-17(11-16)18(21)24/h3-6,8,10-11,13H,7,9,12H2,1-2H3,(H2,21,24)(H,23,25). The van der Waals surface area contributed by atoms with Gasteiger partial charge >= 0.3 is 0 Å². The summed E-state index contributed by atoms with van der Waals surface area (Å²) >= 11 is 0. The van der Waals surface area contributed by atoms with Crippen LogP contribution in [0.4, 0.5) is 0 Å². The summed E-state index contributed by atoms with van der Waals surface area (Å²) in [7, 11) is 0. The van der Waals surface area contributed by atoms with Crippen molar-refractivity contribution in [3.8, 4) is 17.2 Å². The third-order valence-electron chi connectivity index (χ3n) is 4.35. The van der Waals surface area contributed by atoms with Gasteiger partial charge in [-0.25, -0.2) is 0 Å². The second kappa shape index (κ2) is 7.65. The number of benzene rings is 1. The smallest absolute Gasteiger partial charge is 0.267 e. The molecule has 1 atom stereocenters. The van der Waals surface area contributed by atoms with Crippen molar-refractivity contribution < 1.29 is 19.1 Å². The van der Waals surface area contributed by atoms with E-state index >= 15 is 0 Å². The van der Waals surface area contributed by atoms with Crippen LogP contribution in [-0.4, -0.2) is 28.9 Å². The predicted molar refractivity (Wildman–Crippen MR) is 99.7 cm³/mol. The van der Waals surface area contributed by atoms with Gasteiger partial charge in [0.25, 0.3) is 5.91 Å². The van der Waals surface area contributed by atoms with E-state index in [-0.39, 0.29) is 23.1 Å². The van der Waals surface area contributed by atoms with Gasteiger partial charge in [0.15, 0.2) is 0 Å². The van der Waals surface area contributed by atoms with Gasteiger partial charge in [0.2, 0.25) is 5.91 Å². The maximum absolute atomic E-state index is 11.9. The predicted octanol–water partition coefficient (Wildman–Crippen LogP) is 2.66. The Bertz CT molecular complexity index is 851. The molecule has 1 aliphatic heterocycles. The van der Waals surface area contributed by atoms with Crippen LogP contribution in [0.5, 0.6) is 17.2 Å². The average molecular weight is 369 g/mol. The molecule has 2 heterocycles. The number of aromatic nitrogens is 1. The van der Waals surface area contributed by atoms with Gasteiger partial charge in [-0.15, -0.1) is 0 Å². The van der Waals surface area contributed by atoms with Crippen LogP contribution in [0.2, 0.25) is 0 Å². The Morgan fingerprint density at radius 3 is 2.70 bits per heavy atom. The van der Waals surface area contributed by atoms with Crippen molar-refractivity contribution in [2.24, 2.45) is 11.7 Å². The first-order valence-electron chi connectivity index (χ1n) is 8.81. The lowest BCUT2D eigenvalue weighted by Crippen LogP contribution is -2.34. The molecule has 2 amide bonds. The zero-order valence-corrected chi connectivity index (χ0v) is 15.4. The Hall–Kier alpha value is -3.09. The molecule has 0 aliphatic carbocycles. The second-order valence-electron chi connectivity index (χ2n) is 7.23. The summed E-state index contributed by atoms with van der Waals surface area (Å²) in [5, 5.41) is 2.99. The van der Waals surface area contributed by atoms with Gasteiger partial charge in [0.1, 0.15) is 22.9 Å². The summed E-state index contributed by atoms with van der Waals surface area (Å²) < 4.78 is 11.5. The van der Waals surface area contributed by atoms with Crippen molar-refractivity contribution in [1.82, 2.24) is 10.3 Å². The van der Waals surface area contributed by atoms with Crippen molar-refractivity contribution in [3.05, 3.63) is 48.3 Å². The van der Waals surface area contributed by atoms with E-state index < -0.39 is 5.91 Å². The maximum Gasteiger partial charge on any atom is 0.267 e. The van der Waals surface area contributed by atoms with E-state index in [2.05, 4.69) is 10.3 Å². The lowest BCUT2D eigenvalue weighted by molar-refractivity contribution is -0.123. The number of primary amides is 1. The van der Waals surface area contributed by atoms with Crippen LogP contribution in [0.1, 0.15) is 37.2 Å². The molecule has 142 valence electrons. The van der Waals surface area contributed by atoms with E-state index in [0.29, 0.717) is 30.3 Å². The molecule has 2 aromatic rings. The number of nitrogens with one attached hydrogen (secondary N) is 1. The fourth-order valence-corrected chi connectivity index (χ4v) is 3.12. The molecule has 3 N–H and O–H groups in total. The molecule has 3 rings (SSSR count). The fraction of sp³-hybridized carbons (Fsp3) is 0.350. The Labute approximate surface area is 157 Å². The van der Waals surface area contributed by atoms with Crippen molar-refractivity contribution in [1.29, 1.82) is 0 Å². The van der Waals surface area contributed by atoms with Crippen LogP contribution < -0.4 is 20.5 Å². The summed E-state index contributed by atoms with van der Waals surface area (Å²) in [5.41, 5.74) is 5.22. The minimum atomic E-state index is -0.614. The lowest BCUT2D eigenvalue weighted by Gasteiger charge is -2.16. The number of rotatable bonds is 7. The molecule has 27 heavy (non-hydrogen) atoms. The molecule has 0 saturated carbocycles. The number of amides is 2. The molecule has 1 saturated heterocycles. The van der Waals surface area contributed by atoms with Gasteiger partial charge in [0, 0.05) is 29.8 Å². The Balaban J connectivity index is 1.57. The molecular weight excluding hydrogens is 346 g/mol. The Morgan fingerprint density at radius 1 is 1.26 bits per heavy atom. The highest BCUT2D eigenvalue weighted by Crippen LogP contribution is 2.28. The summed E-state index contributed by atoms with van der Waals surface area (Å²) in [6, 6.07) is 10.3. The number of nitrogens with zero attached hydrogens (tertiary/aromatic N) is 1. The highest BCUT2D eigenvalue weighted by atomic mass is 16.5. The van der Waals surface area contributed by atoms with Crippen LogP contribution in [0.25, 0.3) is 0 Å². The van der Waals surface area contributed by atoms with Gasteiger partial charge in [-0.2, -0.15) is 0 Å². The summed E-state index contributed by atoms with van der Waals surface area (Å²) in [6.45, 7) is 4.49. The highest BCUT2D eigenvalue weighted by molar-refractivity contribution is 5.91. The zero-order valence-electron chi connectivity index (χ0n) is 15.4. The van der Waals surface area contributed by atoms with Crippen molar-refractivity contribution in [3.63, 3.8) is 0 Å². The zero-order chi connectivity index (χ0) is 19.4. The fourth-order valence-electron chi connectivity index (χ4n) is 3.12. The van der Waals surface area contributed by atoms with E-state index in [4.69, 9.17) is 15.2 Å². The van der Waals surface area contributed by atoms with E-state index in [1.807, 2.05) is 26.0 Å². The van der Waals surface area contributed by atoms with Crippen LogP contribution >= 0.6 is 0 Å². The van der Waals surface area contributed by atoms with E-state index in [1.54, 1.807) is 18.2 Å². The average Bonchev–Trinajstić information content (AvgIpc) is 2.87. The third kappa shape index (κ3) is 4.97. The molecule has 1 fully saturated rings. The van der Waals surface area contributed by atoms with Gasteiger partial charge in [0.05, 0.1) is 6.61 Å². The normalized spacial score (nSPS) is 18.0. The molecule has 0 spiro atoms. The van der Waals surface area contributed by atoms with Crippen LogP contribution in [0, 0.1) is 5.92 Å². The Morgan fingerprint density at radius 2 is 2.00 bits per heavy atom. The van der Waals surface area contributed by atoms with Crippen molar-refractivity contribution in [2.75, 3.05) is 6.61 Å². The number of carbonyl (C=O) groups is 2. The maximum atomic E-state index is 11.9. The van der Waals surface area contributed by atoms with Gasteiger partial charge in [-0.05, 0) is 44.9 Å². The molecule has 0 bridgehead atoms. The SMILES string of the molecule is CC1(C)CC(CCOc2cccc(Oc3ccnc(C(N)=O)c3)c2)C(=O)N1. The van der Waals surface area contributed by atoms with Gasteiger partial charge < -0.3 is 20.5 Å². The first kappa shape index (κ1) is 18.7. The first-order chi connectivity index (χ1) is 12.8. The molecule has 1 aromatic heterocycles. The number of hydrogen-bond donors (Lipinski definition) is 2. The summed E-state index contributed by atoms with van der Waals surface area (Å²) in [4.78, 5) is 27.0. The van der Waals surface area contributed by atoms with Crippen molar-refractivity contribution >= 4 is 11.8 Å². The van der Waals surface area contributed by atoms with E-state index in [9.17, 15) is 9.59 Å². The van der Waals surface area contributed by atoms with Gasteiger partial charge in [-0.3, -0.25) is 14.6 Å². The molecule has 1 unspecified atom stereocenters. The quantitative estimate of drug-likeness (QED) is 0.781. The van der Waals surface area contributed by atoms with Gasteiger partial charge in [-0.1, -0.05) is 6.07 Å². The number of ether oxygens (including phenoxy) is 2. The van der Waals surface area contributed by atoms with E-state index in [1.165, 1.54) is 12.3 Å². The molecule has 1 aromatic carbocycles.